The first-order valence-corrected chi connectivity index (χ1v) is 8.40. The number of hydrogen-bond acceptors (Lipinski definition) is 7. The fourth-order valence-corrected chi connectivity index (χ4v) is 2.74. The van der Waals surface area contributed by atoms with Gasteiger partial charge in [0.15, 0.2) is 34.5 Å². The van der Waals surface area contributed by atoms with Crippen molar-refractivity contribution in [3.63, 3.8) is 0 Å². The Bertz CT molecular complexity index is 1060. The van der Waals surface area contributed by atoms with Crippen LogP contribution in [0.15, 0.2) is 36.4 Å². The molecule has 0 amide bonds. The summed E-state index contributed by atoms with van der Waals surface area (Å²) in [5.41, 5.74) is 1.92. The van der Waals surface area contributed by atoms with Crippen molar-refractivity contribution in [2.75, 3.05) is 0 Å². The number of ether oxygens (including phenoxy) is 2. The van der Waals surface area contributed by atoms with Crippen LogP contribution in [0.2, 0.25) is 0 Å². The van der Waals surface area contributed by atoms with Gasteiger partial charge in [-0.15, -0.1) is 0 Å². The number of aryl methyl sites for hydroxylation is 3. The molecule has 0 fully saturated rings. The van der Waals surface area contributed by atoms with Gasteiger partial charge in [-0.3, -0.25) is 0 Å². The van der Waals surface area contributed by atoms with Crippen LogP contribution < -0.4 is 9.47 Å². The maximum atomic E-state index is 10.4. The molecule has 0 aliphatic heterocycles. The molecule has 0 saturated heterocycles. The second-order valence-corrected chi connectivity index (χ2v) is 6.58. The van der Waals surface area contributed by atoms with Gasteiger partial charge in [-0.1, -0.05) is 0 Å². The highest BCUT2D eigenvalue weighted by molar-refractivity contribution is 5.61. The Morgan fingerprint density at radius 3 is 1.39 bits per heavy atom. The van der Waals surface area contributed by atoms with Crippen LogP contribution in [-0.4, -0.2) is 25.5 Å². The third kappa shape index (κ3) is 3.68. The van der Waals surface area contributed by atoms with Crippen LogP contribution in [-0.2, 0) is 0 Å². The summed E-state index contributed by atoms with van der Waals surface area (Å²) in [7, 11) is 0. The summed E-state index contributed by atoms with van der Waals surface area (Å²) < 4.78 is 11.3. The number of rotatable bonds is 4. The highest BCUT2D eigenvalue weighted by Gasteiger charge is 2.20. The largest absolute Gasteiger partial charge is 0.504 e. The maximum absolute atomic E-state index is 10.4. The predicted molar refractivity (Wildman–Crippen MR) is 102 cm³/mol. The second kappa shape index (κ2) is 7.11. The fraction of sp³-hybridized carbons (Fsp3) is 0.143. The molecule has 146 valence electrons. The molecule has 0 saturated carbocycles. The number of hydrogen-bond donors (Lipinski definition) is 5. The van der Waals surface area contributed by atoms with Crippen molar-refractivity contribution in [2.24, 2.45) is 0 Å². The van der Waals surface area contributed by atoms with Crippen LogP contribution in [0.25, 0.3) is 0 Å². The van der Waals surface area contributed by atoms with E-state index in [0.29, 0.717) is 16.7 Å². The van der Waals surface area contributed by atoms with E-state index in [9.17, 15) is 25.5 Å². The number of aromatic hydroxyl groups is 5. The normalized spacial score (nSPS) is 10.7. The molecule has 0 spiro atoms. The first-order chi connectivity index (χ1) is 13.2. The van der Waals surface area contributed by atoms with Crippen LogP contribution in [0.1, 0.15) is 16.7 Å². The molecular formula is C21H20O7. The van der Waals surface area contributed by atoms with Gasteiger partial charge in [0.25, 0.3) is 0 Å². The van der Waals surface area contributed by atoms with Crippen LogP contribution >= 0.6 is 0 Å². The van der Waals surface area contributed by atoms with Gasteiger partial charge >= 0.3 is 0 Å². The standard InChI is InChI=1S/C21H20O7/c1-10-4-13(22)19(25)16(7-10)27-18-9-12(3)6-15(24)21(18)28-17-8-11(2)5-14(23)20(17)26/h4-9,22-26H,1-3H3. The average molecular weight is 384 g/mol. The molecule has 3 rings (SSSR count). The molecule has 0 bridgehead atoms. The topological polar surface area (TPSA) is 120 Å². The molecule has 0 aromatic heterocycles. The van der Waals surface area contributed by atoms with Crippen LogP contribution in [0.4, 0.5) is 0 Å². The zero-order chi connectivity index (χ0) is 20.6. The monoisotopic (exact) mass is 384 g/mol. The second-order valence-electron chi connectivity index (χ2n) is 6.58. The van der Waals surface area contributed by atoms with E-state index >= 15 is 0 Å². The van der Waals surface area contributed by atoms with Gasteiger partial charge < -0.3 is 35.0 Å². The van der Waals surface area contributed by atoms with Crippen molar-refractivity contribution >= 4 is 0 Å². The lowest BCUT2D eigenvalue weighted by Crippen LogP contribution is -1.94. The minimum Gasteiger partial charge on any atom is -0.504 e. The summed E-state index contributed by atoms with van der Waals surface area (Å²) >= 11 is 0. The Balaban J connectivity index is 2.09. The summed E-state index contributed by atoms with van der Waals surface area (Å²) in [6.45, 7) is 5.14. The maximum Gasteiger partial charge on any atom is 0.211 e. The minimum atomic E-state index is -0.493. The predicted octanol–water partition coefficient (Wildman–Crippen LogP) is 4.72. The summed E-state index contributed by atoms with van der Waals surface area (Å²) in [4.78, 5) is 0. The van der Waals surface area contributed by atoms with E-state index in [-0.39, 0.29) is 40.2 Å². The third-order valence-corrected chi connectivity index (χ3v) is 4.01. The van der Waals surface area contributed by atoms with Crippen molar-refractivity contribution in [2.45, 2.75) is 20.8 Å². The Kier molecular flexibility index (Phi) is 4.83. The molecule has 0 unspecified atom stereocenters. The molecular weight excluding hydrogens is 364 g/mol. The highest BCUT2D eigenvalue weighted by Crippen LogP contribution is 2.48. The summed E-state index contributed by atoms with van der Waals surface area (Å²) in [5, 5.41) is 50.1. The highest BCUT2D eigenvalue weighted by atomic mass is 16.5. The Hall–Kier alpha value is -3.74. The fourth-order valence-electron chi connectivity index (χ4n) is 2.74. The zero-order valence-electron chi connectivity index (χ0n) is 15.5. The van der Waals surface area contributed by atoms with Gasteiger partial charge in [-0.2, -0.15) is 0 Å². The molecule has 5 N–H and O–H groups in total. The van der Waals surface area contributed by atoms with Crippen molar-refractivity contribution in [3.8, 4) is 51.7 Å². The van der Waals surface area contributed by atoms with E-state index in [1.165, 1.54) is 30.3 Å². The van der Waals surface area contributed by atoms with E-state index in [1.807, 2.05) is 0 Å². The quantitative estimate of drug-likeness (QED) is 0.413. The zero-order valence-corrected chi connectivity index (χ0v) is 15.5. The molecule has 3 aromatic rings. The van der Waals surface area contributed by atoms with Crippen molar-refractivity contribution < 1.29 is 35.0 Å². The molecule has 0 aliphatic carbocycles. The molecule has 0 aliphatic rings. The van der Waals surface area contributed by atoms with Crippen molar-refractivity contribution in [1.82, 2.24) is 0 Å². The molecule has 3 aromatic carbocycles. The van der Waals surface area contributed by atoms with E-state index in [2.05, 4.69) is 0 Å². The number of benzene rings is 3. The Morgan fingerprint density at radius 2 is 0.893 bits per heavy atom. The van der Waals surface area contributed by atoms with E-state index in [1.54, 1.807) is 26.8 Å². The summed E-state index contributed by atoms with van der Waals surface area (Å²) in [5.74, 6) is -2.17. The SMILES string of the molecule is Cc1cc(O)c(O)c(Oc2cc(C)cc(O)c2Oc2cc(C)cc(O)c2O)c1. The molecule has 0 radical (unpaired) electrons. The van der Waals surface area contributed by atoms with Crippen molar-refractivity contribution in [1.29, 1.82) is 0 Å². The smallest absolute Gasteiger partial charge is 0.211 e. The summed E-state index contributed by atoms with van der Waals surface area (Å²) in [6.07, 6.45) is 0. The molecule has 0 heterocycles. The number of phenolic OH excluding ortho intramolecular Hbond substituents is 5. The van der Waals surface area contributed by atoms with Crippen LogP contribution in [0, 0.1) is 20.8 Å². The van der Waals surface area contributed by atoms with Gasteiger partial charge in [-0.25, -0.2) is 0 Å². The number of phenols is 5. The Morgan fingerprint density at radius 1 is 0.500 bits per heavy atom. The minimum absolute atomic E-state index is 0.0383. The lowest BCUT2D eigenvalue weighted by Gasteiger charge is -2.17. The molecule has 28 heavy (non-hydrogen) atoms. The molecule has 0 atom stereocenters. The van der Waals surface area contributed by atoms with Crippen LogP contribution in [0.3, 0.4) is 0 Å². The van der Waals surface area contributed by atoms with E-state index in [4.69, 9.17) is 9.47 Å². The average Bonchev–Trinajstić information content (AvgIpc) is 2.59. The Labute approximate surface area is 161 Å². The van der Waals surface area contributed by atoms with Crippen LogP contribution in [0.5, 0.6) is 51.7 Å². The van der Waals surface area contributed by atoms with Gasteiger partial charge in [-0.05, 0) is 73.9 Å². The van der Waals surface area contributed by atoms with E-state index < -0.39 is 11.5 Å². The van der Waals surface area contributed by atoms with Gasteiger partial charge in [0.05, 0.1) is 0 Å². The molecule has 7 heteroatoms. The van der Waals surface area contributed by atoms with Gasteiger partial charge in [0.1, 0.15) is 0 Å². The molecule has 7 nitrogen and oxygen atoms in total. The van der Waals surface area contributed by atoms with Gasteiger partial charge in [0, 0.05) is 0 Å². The first-order valence-electron chi connectivity index (χ1n) is 8.40. The lowest BCUT2D eigenvalue weighted by molar-refractivity contribution is 0.341. The van der Waals surface area contributed by atoms with E-state index in [0.717, 1.165) is 0 Å². The lowest BCUT2D eigenvalue weighted by atomic mass is 10.1. The summed E-state index contributed by atoms with van der Waals surface area (Å²) in [6, 6.07) is 8.72. The third-order valence-electron chi connectivity index (χ3n) is 4.01. The first kappa shape index (κ1) is 19.0. The van der Waals surface area contributed by atoms with Gasteiger partial charge in [0.2, 0.25) is 17.2 Å². The van der Waals surface area contributed by atoms with Crippen molar-refractivity contribution in [3.05, 3.63) is 53.1 Å².